The highest BCUT2D eigenvalue weighted by molar-refractivity contribution is 5.85. The summed E-state index contributed by atoms with van der Waals surface area (Å²) in [6.45, 7) is 0. The van der Waals surface area contributed by atoms with E-state index in [4.69, 9.17) is 4.98 Å². The SMILES string of the molecule is c1cnc2ccc(Nc3nc(NC4CCCC4)c4[nH]cnc4n3)cc2c1. The molecule has 0 radical (unpaired) electrons. The summed E-state index contributed by atoms with van der Waals surface area (Å²) < 4.78 is 0. The van der Waals surface area contributed by atoms with Gasteiger partial charge in [-0.2, -0.15) is 9.97 Å². The summed E-state index contributed by atoms with van der Waals surface area (Å²) in [5, 5.41) is 7.92. The molecule has 0 aliphatic heterocycles. The Balaban J connectivity index is 1.49. The summed E-state index contributed by atoms with van der Waals surface area (Å²) in [6, 6.07) is 10.5. The number of nitrogens with one attached hydrogen (secondary N) is 3. The lowest BCUT2D eigenvalue weighted by Crippen LogP contribution is -2.16. The summed E-state index contributed by atoms with van der Waals surface area (Å²) in [4.78, 5) is 21.0. The average molecular weight is 345 g/mol. The van der Waals surface area contributed by atoms with Crippen LogP contribution >= 0.6 is 0 Å². The van der Waals surface area contributed by atoms with Crippen LogP contribution in [0.25, 0.3) is 22.1 Å². The highest BCUT2D eigenvalue weighted by atomic mass is 15.2. The lowest BCUT2D eigenvalue weighted by Gasteiger charge is -2.14. The van der Waals surface area contributed by atoms with Crippen molar-refractivity contribution in [2.45, 2.75) is 31.7 Å². The molecular formula is C19H19N7. The number of rotatable bonds is 4. The molecule has 0 atom stereocenters. The lowest BCUT2D eigenvalue weighted by molar-refractivity contribution is 0.751. The molecule has 1 aliphatic carbocycles. The number of pyridine rings is 1. The first-order valence-electron chi connectivity index (χ1n) is 8.95. The van der Waals surface area contributed by atoms with Crippen molar-refractivity contribution in [1.82, 2.24) is 24.9 Å². The van der Waals surface area contributed by atoms with Crippen molar-refractivity contribution in [2.24, 2.45) is 0 Å². The molecule has 1 fully saturated rings. The van der Waals surface area contributed by atoms with Gasteiger partial charge in [0.15, 0.2) is 11.5 Å². The van der Waals surface area contributed by atoms with Gasteiger partial charge in [-0.3, -0.25) is 4.98 Å². The monoisotopic (exact) mass is 345 g/mol. The normalized spacial score (nSPS) is 14.9. The molecule has 5 rings (SSSR count). The highest BCUT2D eigenvalue weighted by Gasteiger charge is 2.18. The predicted octanol–water partition coefficient (Wildman–Crippen LogP) is 4.00. The number of anilines is 3. The Hall–Kier alpha value is -3.22. The van der Waals surface area contributed by atoms with Crippen LogP contribution in [0.15, 0.2) is 42.9 Å². The molecule has 4 aromatic rings. The second kappa shape index (κ2) is 6.25. The maximum atomic E-state index is 4.69. The fraction of sp³-hybridized carbons (Fsp3) is 0.263. The fourth-order valence-electron chi connectivity index (χ4n) is 3.54. The second-order valence-electron chi connectivity index (χ2n) is 6.66. The maximum Gasteiger partial charge on any atom is 0.231 e. The van der Waals surface area contributed by atoms with Crippen molar-refractivity contribution in [1.29, 1.82) is 0 Å². The lowest BCUT2D eigenvalue weighted by atomic mass is 10.2. The van der Waals surface area contributed by atoms with E-state index in [9.17, 15) is 0 Å². The number of fused-ring (bicyclic) bond motifs is 2. The van der Waals surface area contributed by atoms with Crippen LogP contribution in [0.1, 0.15) is 25.7 Å². The number of nitrogens with zero attached hydrogens (tertiary/aromatic N) is 4. The van der Waals surface area contributed by atoms with E-state index >= 15 is 0 Å². The number of hydrogen-bond acceptors (Lipinski definition) is 6. The Bertz CT molecular complexity index is 1070. The molecular weight excluding hydrogens is 326 g/mol. The van der Waals surface area contributed by atoms with Gasteiger partial charge < -0.3 is 15.6 Å². The van der Waals surface area contributed by atoms with Crippen LogP contribution in [0.4, 0.5) is 17.5 Å². The number of H-pyrrole nitrogens is 1. The molecule has 130 valence electrons. The maximum absolute atomic E-state index is 4.69. The number of aromatic nitrogens is 5. The van der Waals surface area contributed by atoms with Crippen molar-refractivity contribution < 1.29 is 0 Å². The molecule has 3 N–H and O–H groups in total. The van der Waals surface area contributed by atoms with Gasteiger partial charge in [-0.05, 0) is 37.1 Å². The zero-order valence-corrected chi connectivity index (χ0v) is 14.2. The number of imidazole rings is 1. The number of aromatic amines is 1. The van der Waals surface area contributed by atoms with Crippen LogP contribution in [0.3, 0.4) is 0 Å². The first-order valence-corrected chi connectivity index (χ1v) is 8.95. The third-order valence-electron chi connectivity index (χ3n) is 4.84. The molecule has 3 aromatic heterocycles. The number of benzene rings is 1. The fourth-order valence-corrected chi connectivity index (χ4v) is 3.54. The smallest absolute Gasteiger partial charge is 0.231 e. The van der Waals surface area contributed by atoms with Gasteiger partial charge in [-0.1, -0.05) is 18.9 Å². The van der Waals surface area contributed by atoms with Crippen LogP contribution in [0.2, 0.25) is 0 Å². The Morgan fingerprint density at radius 2 is 1.96 bits per heavy atom. The average Bonchev–Trinajstić information content (AvgIpc) is 3.33. The van der Waals surface area contributed by atoms with Gasteiger partial charge in [0.05, 0.1) is 11.8 Å². The molecule has 3 heterocycles. The first kappa shape index (κ1) is 15.1. The van der Waals surface area contributed by atoms with Crippen LogP contribution in [-0.2, 0) is 0 Å². The van der Waals surface area contributed by atoms with E-state index in [-0.39, 0.29) is 0 Å². The van der Waals surface area contributed by atoms with Crippen molar-refractivity contribution >= 4 is 39.5 Å². The minimum absolute atomic E-state index is 0.469. The van der Waals surface area contributed by atoms with Crippen molar-refractivity contribution in [3.05, 3.63) is 42.9 Å². The zero-order valence-electron chi connectivity index (χ0n) is 14.2. The molecule has 0 unspecified atom stereocenters. The summed E-state index contributed by atoms with van der Waals surface area (Å²) in [6.07, 6.45) is 8.35. The van der Waals surface area contributed by atoms with Gasteiger partial charge in [0.25, 0.3) is 0 Å². The summed E-state index contributed by atoms with van der Waals surface area (Å²) >= 11 is 0. The van der Waals surface area contributed by atoms with E-state index in [0.717, 1.165) is 27.9 Å². The molecule has 1 aliphatic rings. The van der Waals surface area contributed by atoms with Crippen LogP contribution in [-0.4, -0.2) is 31.0 Å². The van der Waals surface area contributed by atoms with E-state index in [0.29, 0.717) is 17.6 Å². The van der Waals surface area contributed by atoms with Gasteiger partial charge in [0, 0.05) is 23.3 Å². The molecule has 0 saturated heterocycles. The van der Waals surface area contributed by atoms with Crippen LogP contribution < -0.4 is 10.6 Å². The standard InChI is InChI=1S/C19H19N7/c1-2-6-13(5-1)23-18-16-17(22-11-21-16)25-19(26-18)24-14-7-8-15-12(10-14)4-3-9-20-15/h3-4,7-11,13H,1-2,5-6H2,(H3,21,22,23,24,25,26). The molecule has 0 spiro atoms. The first-order chi connectivity index (χ1) is 12.8. The molecule has 26 heavy (non-hydrogen) atoms. The van der Waals surface area contributed by atoms with Crippen molar-refractivity contribution in [3.8, 4) is 0 Å². The Labute approximate surface area is 150 Å². The van der Waals surface area contributed by atoms with E-state index in [1.165, 1.54) is 25.7 Å². The van der Waals surface area contributed by atoms with Gasteiger partial charge >= 0.3 is 0 Å². The molecule has 0 amide bonds. The summed E-state index contributed by atoms with van der Waals surface area (Å²) in [7, 11) is 0. The van der Waals surface area contributed by atoms with Gasteiger partial charge in [0.2, 0.25) is 5.95 Å². The highest BCUT2D eigenvalue weighted by Crippen LogP contribution is 2.26. The van der Waals surface area contributed by atoms with Crippen molar-refractivity contribution in [2.75, 3.05) is 10.6 Å². The topological polar surface area (TPSA) is 91.4 Å². The molecule has 1 aromatic carbocycles. The zero-order chi connectivity index (χ0) is 17.3. The Kier molecular flexibility index (Phi) is 3.62. The van der Waals surface area contributed by atoms with E-state index in [2.05, 4.69) is 30.6 Å². The van der Waals surface area contributed by atoms with Crippen LogP contribution in [0, 0.1) is 0 Å². The molecule has 7 nitrogen and oxygen atoms in total. The van der Waals surface area contributed by atoms with Crippen LogP contribution in [0.5, 0.6) is 0 Å². The molecule has 7 heteroatoms. The minimum atomic E-state index is 0.469. The second-order valence-corrected chi connectivity index (χ2v) is 6.66. The van der Waals surface area contributed by atoms with Gasteiger partial charge in [-0.15, -0.1) is 0 Å². The minimum Gasteiger partial charge on any atom is -0.365 e. The predicted molar refractivity (Wildman–Crippen MR) is 103 cm³/mol. The molecule has 0 bridgehead atoms. The largest absolute Gasteiger partial charge is 0.365 e. The van der Waals surface area contributed by atoms with Gasteiger partial charge in [-0.25, -0.2) is 4.98 Å². The van der Waals surface area contributed by atoms with E-state index in [1.54, 1.807) is 12.5 Å². The molecule has 1 saturated carbocycles. The Morgan fingerprint density at radius 1 is 1.04 bits per heavy atom. The Morgan fingerprint density at radius 3 is 2.88 bits per heavy atom. The summed E-state index contributed by atoms with van der Waals surface area (Å²) in [5.74, 6) is 1.35. The quantitative estimate of drug-likeness (QED) is 0.518. The third-order valence-corrected chi connectivity index (χ3v) is 4.84. The summed E-state index contributed by atoms with van der Waals surface area (Å²) in [5.41, 5.74) is 3.40. The number of hydrogen-bond donors (Lipinski definition) is 3. The van der Waals surface area contributed by atoms with E-state index < -0.39 is 0 Å². The third kappa shape index (κ3) is 2.81. The van der Waals surface area contributed by atoms with E-state index in [1.807, 2.05) is 30.3 Å². The van der Waals surface area contributed by atoms with Gasteiger partial charge in [0.1, 0.15) is 5.52 Å². The van der Waals surface area contributed by atoms with Crippen molar-refractivity contribution in [3.63, 3.8) is 0 Å².